The van der Waals surface area contributed by atoms with Crippen molar-refractivity contribution >= 4 is 29.3 Å². The highest BCUT2D eigenvalue weighted by molar-refractivity contribution is 5.91. The van der Waals surface area contributed by atoms with Crippen molar-refractivity contribution in [3.05, 3.63) is 40.0 Å². The fourth-order valence-corrected chi connectivity index (χ4v) is 1.50. The van der Waals surface area contributed by atoms with Gasteiger partial charge in [0.25, 0.3) is 5.69 Å². The number of carbonyl (C=O) groups is 2. The fraction of sp³-hybridized carbons (Fsp3) is 0.231. The van der Waals surface area contributed by atoms with Crippen LogP contribution in [0.4, 0.5) is 11.4 Å². The second-order valence-electron chi connectivity index (χ2n) is 4.05. The first-order valence-corrected chi connectivity index (χ1v) is 5.87. The lowest BCUT2D eigenvalue weighted by atomic mass is 10.1. The SMILES string of the molecule is CC(=O)NCC=Cc1ccc(NC(C)=O)c([N+](=O)[O-])c1. The summed E-state index contributed by atoms with van der Waals surface area (Å²) in [7, 11) is 0. The van der Waals surface area contributed by atoms with Crippen molar-refractivity contribution in [2.24, 2.45) is 0 Å². The van der Waals surface area contributed by atoms with E-state index in [0.29, 0.717) is 12.1 Å². The topological polar surface area (TPSA) is 101 Å². The molecule has 0 saturated heterocycles. The second kappa shape index (κ2) is 7.03. The van der Waals surface area contributed by atoms with Gasteiger partial charge in [-0.25, -0.2) is 0 Å². The number of hydrogen-bond acceptors (Lipinski definition) is 4. The number of hydrogen-bond donors (Lipinski definition) is 2. The third-order valence-corrected chi connectivity index (χ3v) is 2.31. The van der Waals surface area contributed by atoms with Gasteiger partial charge in [-0.2, -0.15) is 0 Å². The lowest BCUT2D eigenvalue weighted by Crippen LogP contribution is -2.19. The number of benzene rings is 1. The van der Waals surface area contributed by atoms with Crippen LogP contribution in [0.25, 0.3) is 6.08 Å². The Bertz CT molecular complexity index is 567. The van der Waals surface area contributed by atoms with Crippen LogP contribution in [0, 0.1) is 10.1 Å². The molecule has 106 valence electrons. The molecule has 0 aliphatic rings. The molecular formula is C13H15N3O4. The molecule has 0 radical (unpaired) electrons. The monoisotopic (exact) mass is 277 g/mol. The van der Waals surface area contributed by atoms with E-state index in [1.807, 2.05) is 0 Å². The van der Waals surface area contributed by atoms with Crippen molar-refractivity contribution in [2.75, 3.05) is 11.9 Å². The van der Waals surface area contributed by atoms with Gasteiger partial charge in [0.2, 0.25) is 11.8 Å². The summed E-state index contributed by atoms with van der Waals surface area (Å²) in [6.45, 7) is 3.03. The Balaban J connectivity index is 2.90. The van der Waals surface area contributed by atoms with Gasteiger partial charge in [-0.1, -0.05) is 18.2 Å². The molecule has 1 rings (SSSR count). The molecule has 2 N–H and O–H groups in total. The summed E-state index contributed by atoms with van der Waals surface area (Å²) >= 11 is 0. The van der Waals surface area contributed by atoms with Crippen LogP contribution < -0.4 is 10.6 Å². The van der Waals surface area contributed by atoms with E-state index in [0.717, 1.165) is 0 Å². The lowest BCUT2D eigenvalue weighted by Gasteiger charge is -2.04. The molecule has 0 atom stereocenters. The minimum atomic E-state index is -0.559. The number of amides is 2. The van der Waals surface area contributed by atoms with Gasteiger partial charge >= 0.3 is 0 Å². The predicted octanol–water partition coefficient (Wildman–Crippen LogP) is 1.70. The van der Waals surface area contributed by atoms with Gasteiger partial charge in [-0.3, -0.25) is 19.7 Å². The van der Waals surface area contributed by atoms with E-state index >= 15 is 0 Å². The first kappa shape index (κ1) is 15.4. The van der Waals surface area contributed by atoms with Crippen molar-refractivity contribution in [2.45, 2.75) is 13.8 Å². The zero-order valence-corrected chi connectivity index (χ0v) is 11.2. The summed E-state index contributed by atoms with van der Waals surface area (Å²) in [5.74, 6) is -0.524. The Hall–Kier alpha value is -2.70. The molecule has 7 heteroatoms. The van der Waals surface area contributed by atoms with E-state index in [-0.39, 0.29) is 23.2 Å². The Kier molecular flexibility index (Phi) is 5.40. The highest BCUT2D eigenvalue weighted by Crippen LogP contribution is 2.26. The lowest BCUT2D eigenvalue weighted by molar-refractivity contribution is -0.383. The first-order valence-electron chi connectivity index (χ1n) is 5.87. The Morgan fingerprint density at radius 2 is 2.00 bits per heavy atom. The summed E-state index contributed by atoms with van der Waals surface area (Å²) in [5, 5.41) is 15.9. The van der Waals surface area contributed by atoms with E-state index in [1.54, 1.807) is 18.2 Å². The van der Waals surface area contributed by atoms with Gasteiger partial charge in [-0.15, -0.1) is 0 Å². The van der Waals surface area contributed by atoms with Gasteiger partial charge in [0.05, 0.1) is 4.92 Å². The van der Waals surface area contributed by atoms with E-state index in [9.17, 15) is 19.7 Å². The van der Waals surface area contributed by atoms with Gasteiger partial charge < -0.3 is 10.6 Å². The van der Waals surface area contributed by atoms with Crippen LogP contribution >= 0.6 is 0 Å². The van der Waals surface area contributed by atoms with Crippen LogP contribution in [-0.2, 0) is 9.59 Å². The number of nitrogens with one attached hydrogen (secondary N) is 2. The molecule has 0 spiro atoms. The molecule has 2 amide bonds. The summed E-state index contributed by atoms with van der Waals surface area (Å²) < 4.78 is 0. The maximum absolute atomic E-state index is 11.0. The van der Waals surface area contributed by atoms with E-state index in [2.05, 4.69) is 10.6 Å². The smallest absolute Gasteiger partial charge is 0.293 e. The number of carbonyl (C=O) groups excluding carboxylic acids is 2. The second-order valence-corrected chi connectivity index (χ2v) is 4.05. The number of anilines is 1. The molecule has 7 nitrogen and oxygen atoms in total. The first-order chi connectivity index (χ1) is 9.40. The minimum absolute atomic E-state index is 0.151. The summed E-state index contributed by atoms with van der Waals surface area (Å²) in [6, 6.07) is 4.47. The molecule has 20 heavy (non-hydrogen) atoms. The Labute approximate surface area is 115 Å². The average Bonchev–Trinajstić information content (AvgIpc) is 2.35. The van der Waals surface area contributed by atoms with Crippen LogP contribution in [0.3, 0.4) is 0 Å². The maximum atomic E-state index is 11.0. The average molecular weight is 277 g/mol. The van der Waals surface area contributed by atoms with Crippen LogP contribution in [0.5, 0.6) is 0 Å². The Morgan fingerprint density at radius 3 is 2.55 bits per heavy atom. The van der Waals surface area contributed by atoms with E-state index in [1.165, 1.54) is 26.0 Å². The van der Waals surface area contributed by atoms with Crippen molar-refractivity contribution in [1.82, 2.24) is 5.32 Å². The maximum Gasteiger partial charge on any atom is 0.293 e. The van der Waals surface area contributed by atoms with Gasteiger partial charge in [0.1, 0.15) is 5.69 Å². The van der Waals surface area contributed by atoms with Crippen LogP contribution in [0.1, 0.15) is 19.4 Å². The molecule has 0 aromatic heterocycles. The molecule has 0 aliphatic heterocycles. The predicted molar refractivity (Wildman–Crippen MR) is 75.1 cm³/mol. The molecular weight excluding hydrogens is 262 g/mol. The number of rotatable bonds is 5. The van der Waals surface area contributed by atoms with Crippen LogP contribution in [0.15, 0.2) is 24.3 Å². The van der Waals surface area contributed by atoms with Crippen LogP contribution in [-0.4, -0.2) is 23.3 Å². The molecule has 1 aromatic rings. The number of nitrogens with zero attached hydrogens (tertiary/aromatic N) is 1. The van der Waals surface area contributed by atoms with Gasteiger partial charge in [0.15, 0.2) is 0 Å². The minimum Gasteiger partial charge on any atom is -0.353 e. The van der Waals surface area contributed by atoms with Gasteiger partial charge in [0, 0.05) is 26.5 Å². The zero-order chi connectivity index (χ0) is 15.1. The number of nitro benzene ring substituents is 1. The molecule has 0 aliphatic carbocycles. The van der Waals surface area contributed by atoms with Crippen LogP contribution in [0.2, 0.25) is 0 Å². The van der Waals surface area contributed by atoms with Crippen molar-refractivity contribution in [3.8, 4) is 0 Å². The third-order valence-electron chi connectivity index (χ3n) is 2.31. The Morgan fingerprint density at radius 1 is 1.30 bits per heavy atom. The van der Waals surface area contributed by atoms with Crippen molar-refractivity contribution in [1.29, 1.82) is 0 Å². The highest BCUT2D eigenvalue weighted by Gasteiger charge is 2.14. The third kappa shape index (κ3) is 4.89. The number of nitro groups is 1. The highest BCUT2D eigenvalue weighted by atomic mass is 16.6. The van der Waals surface area contributed by atoms with Crippen molar-refractivity contribution in [3.63, 3.8) is 0 Å². The molecule has 0 bridgehead atoms. The zero-order valence-electron chi connectivity index (χ0n) is 11.2. The molecule has 0 saturated carbocycles. The van der Waals surface area contributed by atoms with E-state index in [4.69, 9.17) is 0 Å². The van der Waals surface area contributed by atoms with Gasteiger partial charge in [-0.05, 0) is 11.6 Å². The molecule has 0 heterocycles. The molecule has 0 fully saturated rings. The fourth-order valence-electron chi connectivity index (χ4n) is 1.50. The van der Waals surface area contributed by atoms with Crippen molar-refractivity contribution < 1.29 is 14.5 Å². The summed E-state index contributed by atoms with van der Waals surface area (Å²) in [5.41, 5.74) is 0.583. The summed E-state index contributed by atoms with van der Waals surface area (Å²) in [4.78, 5) is 32.0. The normalized spacial score (nSPS) is 10.3. The summed E-state index contributed by atoms with van der Waals surface area (Å²) in [6.07, 6.45) is 3.33. The molecule has 1 aromatic carbocycles. The molecule has 0 unspecified atom stereocenters. The van der Waals surface area contributed by atoms with E-state index < -0.39 is 4.92 Å². The largest absolute Gasteiger partial charge is 0.353 e. The standard InChI is InChI=1S/C13H15N3O4/c1-9(17)14-7-3-4-11-5-6-12(15-10(2)18)13(8-11)16(19)20/h3-6,8H,7H2,1-2H3,(H,14,17)(H,15,18). The quantitative estimate of drug-likeness (QED) is 0.631.